The third-order valence-electron chi connectivity index (χ3n) is 4.22. The largest absolute Gasteiger partial charge is 0.346 e. The third kappa shape index (κ3) is 3.89. The minimum Gasteiger partial charge on any atom is -0.346 e. The summed E-state index contributed by atoms with van der Waals surface area (Å²) in [6, 6.07) is 7.77. The number of amides is 1. The Morgan fingerprint density at radius 2 is 2.09 bits per heavy atom. The molecule has 0 unspecified atom stereocenters. The van der Waals surface area contributed by atoms with Crippen molar-refractivity contribution in [2.24, 2.45) is 0 Å². The number of aromatic nitrogens is 1. The summed E-state index contributed by atoms with van der Waals surface area (Å²) >= 11 is 1.67. The van der Waals surface area contributed by atoms with Gasteiger partial charge in [0.25, 0.3) is 0 Å². The average Bonchev–Trinajstić information content (AvgIpc) is 3.09. The minimum atomic E-state index is -0.131. The fourth-order valence-electron chi connectivity index (χ4n) is 2.81. The van der Waals surface area contributed by atoms with E-state index in [4.69, 9.17) is 0 Å². The first-order valence-corrected chi connectivity index (χ1v) is 8.77. The molecule has 6 heteroatoms. The standard InChI is InChI=1S/C17H22N4OS/c1-13-4-3-5-15(12-13)19-16(22)14(2)20-7-9-21(10-8-20)17-18-6-11-23-17/h3-6,11-12,14H,7-10H2,1-2H3,(H,19,22)/t14-/m0/s1. The van der Waals surface area contributed by atoms with E-state index in [1.54, 1.807) is 11.3 Å². The van der Waals surface area contributed by atoms with Gasteiger partial charge in [-0.25, -0.2) is 4.98 Å². The number of benzene rings is 1. The SMILES string of the molecule is Cc1cccc(NC(=O)[C@H](C)N2CCN(c3nccs3)CC2)c1. The summed E-state index contributed by atoms with van der Waals surface area (Å²) in [4.78, 5) is 21.3. The van der Waals surface area contributed by atoms with Gasteiger partial charge in [-0.2, -0.15) is 0 Å². The molecule has 23 heavy (non-hydrogen) atoms. The molecule has 2 heterocycles. The van der Waals surface area contributed by atoms with Crippen molar-refractivity contribution >= 4 is 28.1 Å². The highest BCUT2D eigenvalue weighted by Gasteiger charge is 2.26. The van der Waals surface area contributed by atoms with Crippen LogP contribution in [0.3, 0.4) is 0 Å². The Bertz CT molecular complexity index is 650. The van der Waals surface area contributed by atoms with E-state index in [1.165, 1.54) is 0 Å². The van der Waals surface area contributed by atoms with E-state index < -0.39 is 0 Å². The monoisotopic (exact) mass is 330 g/mol. The zero-order chi connectivity index (χ0) is 16.2. The van der Waals surface area contributed by atoms with Crippen LogP contribution in [0.15, 0.2) is 35.8 Å². The number of carbonyl (C=O) groups is 1. The van der Waals surface area contributed by atoms with E-state index in [0.29, 0.717) is 0 Å². The van der Waals surface area contributed by atoms with E-state index in [1.807, 2.05) is 49.7 Å². The number of hydrogen-bond acceptors (Lipinski definition) is 5. The molecule has 1 amide bonds. The van der Waals surface area contributed by atoms with E-state index >= 15 is 0 Å². The second-order valence-corrected chi connectivity index (χ2v) is 6.75. The fraction of sp³-hybridized carbons (Fsp3) is 0.412. The van der Waals surface area contributed by atoms with Crippen LogP contribution >= 0.6 is 11.3 Å². The maximum Gasteiger partial charge on any atom is 0.241 e. The number of aryl methyl sites for hydroxylation is 1. The molecule has 0 radical (unpaired) electrons. The van der Waals surface area contributed by atoms with Crippen molar-refractivity contribution in [1.82, 2.24) is 9.88 Å². The molecule has 0 saturated carbocycles. The summed E-state index contributed by atoms with van der Waals surface area (Å²) in [6.07, 6.45) is 1.84. The van der Waals surface area contributed by atoms with E-state index in [-0.39, 0.29) is 11.9 Å². The molecule has 1 N–H and O–H groups in total. The van der Waals surface area contributed by atoms with Crippen molar-refractivity contribution in [3.63, 3.8) is 0 Å². The van der Waals surface area contributed by atoms with Crippen molar-refractivity contribution in [1.29, 1.82) is 0 Å². The molecule has 122 valence electrons. The summed E-state index contributed by atoms with van der Waals surface area (Å²) in [5.41, 5.74) is 2.01. The molecule has 0 bridgehead atoms. The molecule has 1 saturated heterocycles. The second-order valence-electron chi connectivity index (χ2n) is 5.87. The third-order valence-corrected chi connectivity index (χ3v) is 5.05. The highest BCUT2D eigenvalue weighted by atomic mass is 32.1. The number of hydrogen-bond donors (Lipinski definition) is 1. The van der Waals surface area contributed by atoms with Gasteiger partial charge in [-0.3, -0.25) is 9.69 Å². The predicted molar refractivity (Wildman–Crippen MR) is 95.2 cm³/mol. The van der Waals surface area contributed by atoms with Crippen LogP contribution in [0.2, 0.25) is 0 Å². The van der Waals surface area contributed by atoms with Crippen molar-refractivity contribution in [3.8, 4) is 0 Å². The van der Waals surface area contributed by atoms with Crippen molar-refractivity contribution in [2.75, 3.05) is 36.4 Å². The van der Waals surface area contributed by atoms with Gasteiger partial charge in [0.05, 0.1) is 6.04 Å². The first-order valence-electron chi connectivity index (χ1n) is 7.89. The average molecular weight is 330 g/mol. The first-order chi connectivity index (χ1) is 11.1. The van der Waals surface area contributed by atoms with Crippen LogP contribution in [0.1, 0.15) is 12.5 Å². The molecule has 1 aromatic heterocycles. The molecule has 0 aliphatic carbocycles. The molecule has 1 aliphatic rings. The summed E-state index contributed by atoms with van der Waals surface area (Å²) < 4.78 is 0. The predicted octanol–water partition coefficient (Wildman–Crippen LogP) is 2.60. The van der Waals surface area contributed by atoms with Crippen LogP contribution in [-0.2, 0) is 4.79 Å². The van der Waals surface area contributed by atoms with Gasteiger partial charge in [0.15, 0.2) is 5.13 Å². The molecule has 0 spiro atoms. The lowest BCUT2D eigenvalue weighted by molar-refractivity contribution is -0.120. The lowest BCUT2D eigenvalue weighted by Crippen LogP contribution is -2.52. The topological polar surface area (TPSA) is 48.5 Å². The summed E-state index contributed by atoms with van der Waals surface area (Å²) in [5.74, 6) is 0.0540. The quantitative estimate of drug-likeness (QED) is 0.936. The Kier molecular flexibility index (Phi) is 4.93. The zero-order valence-corrected chi connectivity index (χ0v) is 14.3. The first kappa shape index (κ1) is 16.0. The van der Waals surface area contributed by atoms with E-state index in [2.05, 4.69) is 20.1 Å². The molecule has 2 aromatic rings. The van der Waals surface area contributed by atoms with Crippen LogP contribution in [0.5, 0.6) is 0 Å². The highest BCUT2D eigenvalue weighted by Crippen LogP contribution is 2.20. The normalized spacial score (nSPS) is 17.0. The molecule has 3 rings (SSSR count). The lowest BCUT2D eigenvalue weighted by atomic mass is 10.2. The Balaban J connectivity index is 1.54. The molecule has 5 nitrogen and oxygen atoms in total. The Hall–Kier alpha value is -1.92. The van der Waals surface area contributed by atoms with Crippen LogP contribution in [-0.4, -0.2) is 48.0 Å². The molecule has 1 atom stereocenters. The fourth-order valence-corrected chi connectivity index (χ4v) is 3.50. The van der Waals surface area contributed by atoms with E-state index in [0.717, 1.165) is 42.6 Å². The second kappa shape index (κ2) is 7.10. The van der Waals surface area contributed by atoms with Crippen molar-refractivity contribution in [3.05, 3.63) is 41.4 Å². The number of nitrogens with zero attached hydrogens (tertiary/aromatic N) is 3. The van der Waals surface area contributed by atoms with Gasteiger partial charge in [-0.15, -0.1) is 11.3 Å². The number of carbonyl (C=O) groups excluding carboxylic acids is 1. The minimum absolute atomic E-state index is 0.0540. The number of rotatable bonds is 4. The maximum atomic E-state index is 12.5. The smallest absolute Gasteiger partial charge is 0.241 e. The number of nitrogens with one attached hydrogen (secondary N) is 1. The van der Waals surface area contributed by atoms with Gasteiger partial charge < -0.3 is 10.2 Å². The number of thiazole rings is 1. The van der Waals surface area contributed by atoms with Crippen molar-refractivity contribution < 1.29 is 4.79 Å². The number of piperazine rings is 1. The van der Waals surface area contributed by atoms with Gasteiger partial charge >= 0.3 is 0 Å². The van der Waals surface area contributed by atoms with E-state index in [9.17, 15) is 4.79 Å². The van der Waals surface area contributed by atoms with Crippen LogP contribution < -0.4 is 10.2 Å². The lowest BCUT2D eigenvalue weighted by Gasteiger charge is -2.37. The summed E-state index contributed by atoms with van der Waals surface area (Å²) in [6.45, 7) is 7.58. The molecule has 1 aliphatic heterocycles. The van der Waals surface area contributed by atoms with Gasteiger partial charge in [0, 0.05) is 43.4 Å². The highest BCUT2D eigenvalue weighted by molar-refractivity contribution is 7.13. The van der Waals surface area contributed by atoms with Gasteiger partial charge in [-0.1, -0.05) is 12.1 Å². The van der Waals surface area contributed by atoms with Gasteiger partial charge in [0.2, 0.25) is 5.91 Å². The molecular weight excluding hydrogens is 308 g/mol. The molecular formula is C17H22N4OS. The molecule has 1 aromatic carbocycles. The van der Waals surface area contributed by atoms with Gasteiger partial charge in [0.1, 0.15) is 0 Å². The summed E-state index contributed by atoms with van der Waals surface area (Å²) in [7, 11) is 0. The number of anilines is 2. The Morgan fingerprint density at radius 3 is 2.74 bits per heavy atom. The van der Waals surface area contributed by atoms with Crippen LogP contribution in [0.4, 0.5) is 10.8 Å². The summed E-state index contributed by atoms with van der Waals surface area (Å²) in [5, 5.41) is 6.08. The van der Waals surface area contributed by atoms with Crippen LogP contribution in [0.25, 0.3) is 0 Å². The zero-order valence-electron chi connectivity index (χ0n) is 13.5. The van der Waals surface area contributed by atoms with Gasteiger partial charge in [-0.05, 0) is 31.5 Å². The Morgan fingerprint density at radius 1 is 1.30 bits per heavy atom. The molecule has 1 fully saturated rings. The van der Waals surface area contributed by atoms with Crippen molar-refractivity contribution in [2.45, 2.75) is 19.9 Å². The maximum absolute atomic E-state index is 12.5. The van der Waals surface area contributed by atoms with Crippen LogP contribution in [0, 0.1) is 6.92 Å². The Labute approximate surface area is 140 Å².